The maximum absolute atomic E-state index is 11.7. The van der Waals surface area contributed by atoms with E-state index in [0.717, 1.165) is 5.56 Å². The summed E-state index contributed by atoms with van der Waals surface area (Å²) in [5, 5.41) is 11.7. The van der Waals surface area contributed by atoms with Gasteiger partial charge in [0.1, 0.15) is 40.9 Å². The molecule has 4 rings (SSSR count). The van der Waals surface area contributed by atoms with Crippen molar-refractivity contribution in [1.82, 2.24) is 4.98 Å². The lowest BCUT2D eigenvalue weighted by Crippen LogP contribution is -2.26. The fraction of sp³-hybridized carbons (Fsp3) is 0.267. The monoisotopic (exact) mass is 517 g/mol. The summed E-state index contributed by atoms with van der Waals surface area (Å²) in [4.78, 5) is 16.0. The molecule has 2 atom stereocenters. The molecule has 3 aromatic carbocycles. The fourth-order valence-electron chi connectivity index (χ4n) is 4.03. The minimum Gasteiger partial charge on any atom is -0.497 e. The predicted molar refractivity (Wildman–Crippen MR) is 141 cm³/mol. The summed E-state index contributed by atoms with van der Waals surface area (Å²) in [5.41, 5.74) is 1.15. The van der Waals surface area contributed by atoms with Gasteiger partial charge in [0.05, 0.1) is 7.11 Å². The number of hydrogen-bond acceptors (Lipinski definition) is 8. The van der Waals surface area contributed by atoms with Gasteiger partial charge in [-0.25, -0.2) is 4.98 Å². The topological polar surface area (TPSA) is 100 Å². The molecule has 8 nitrogen and oxygen atoms in total. The molecule has 0 spiro atoms. The van der Waals surface area contributed by atoms with Crippen LogP contribution in [0.25, 0.3) is 11.5 Å². The van der Waals surface area contributed by atoms with Crippen molar-refractivity contribution in [2.75, 3.05) is 7.11 Å². The molecule has 2 unspecified atom stereocenters. The number of benzene rings is 3. The van der Waals surface area contributed by atoms with Gasteiger partial charge in [-0.05, 0) is 55.8 Å². The van der Waals surface area contributed by atoms with Gasteiger partial charge in [-0.2, -0.15) is 0 Å². The first-order valence-electron chi connectivity index (χ1n) is 12.2. The molecule has 0 fully saturated rings. The van der Waals surface area contributed by atoms with Crippen molar-refractivity contribution in [2.45, 2.75) is 46.2 Å². The molecular weight excluding hydrogens is 486 g/mol. The summed E-state index contributed by atoms with van der Waals surface area (Å²) in [6.45, 7) is 6.61. The zero-order chi connectivity index (χ0) is 27.3. The molecule has 0 bridgehead atoms. The van der Waals surface area contributed by atoms with Crippen molar-refractivity contribution in [3.05, 3.63) is 95.4 Å². The second-order valence-electron chi connectivity index (χ2n) is 8.93. The van der Waals surface area contributed by atoms with Crippen molar-refractivity contribution < 1.29 is 33.3 Å². The van der Waals surface area contributed by atoms with E-state index in [9.17, 15) is 9.90 Å². The second kappa shape index (κ2) is 11.4. The summed E-state index contributed by atoms with van der Waals surface area (Å²) >= 11 is 0. The Bertz CT molecular complexity index is 1390. The van der Waals surface area contributed by atoms with Gasteiger partial charge in [-0.3, -0.25) is 4.79 Å². The van der Waals surface area contributed by atoms with Gasteiger partial charge in [0, 0.05) is 31.0 Å². The molecule has 1 N–H and O–H groups in total. The minimum atomic E-state index is -1.47. The minimum absolute atomic E-state index is 0.199. The molecule has 1 aromatic heterocycles. The van der Waals surface area contributed by atoms with E-state index < -0.39 is 17.9 Å². The Morgan fingerprint density at radius 2 is 1.82 bits per heavy atom. The molecule has 0 amide bonds. The van der Waals surface area contributed by atoms with Gasteiger partial charge in [-0.1, -0.05) is 30.3 Å². The molecule has 0 saturated heterocycles. The van der Waals surface area contributed by atoms with Crippen LogP contribution in [0.15, 0.2) is 77.2 Å². The number of methoxy groups -OCH3 is 1. The summed E-state index contributed by atoms with van der Waals surface area (Å²) in [7, 11) is 1.53. The van der Waals surface area contributed by atoms with E-state index in [1.165, 1.54) is 14.0 Å². The highest BCUT2D eigenvalue weighted by atomic mass is 16.7. The van der Waals surface area contributed by atoms with E-state index in [0.29, 0.717) is 45.7 Å². The number of esters is 1. The van der Waals surface area contributed by atoms with Crippen molar-refractivity contribution in [2.24, 2.45) is 0 Å². The highest BCUT2D eigenvalue weighted by Gasteiger charge is 2.31. The largest absolute Gasteiger partial charge is 0.497 e. The SMILES string of the molecule is COc1ccc(C(C)(O)c2cccc(OCc3nc(-c4ccccc4)oc3C)c2)c(OC(C)OC(C)=O)c1. The number of carbonyl (C=O) groups is 1. The number of hydrogen-bond donors (Lipinski definition) is 1. The molecule has 4 aromatic rings. The zero-order valence-electron chi connectivity index (χ0n) is 22.1. The molecule has 8 heteroatoms. The van der Waals surface area contributed by atoms with E-state index in [-0.39, 0.29) is 6.61 Å². The molecule has 0 aliphatic rings. The Morgan fingerprint density at radius 3 is 2.53 bits per heavy atom. The molecule has 1 heterocycles. The Kier molecular flexibility index (Phi) is 8.02. The van der Waals surface area contributed by atoms with Gasteiger partial charge in [-0.15, -0.1) is 0 Å². The van der Waals surface area contributed by atoms with Crippen LogP contribution in [-0.2, 0) is 21.7 Å². The Labute approximate surface area is 221 Å². The van der Waals surface area contributed by atoms with Crippen molar-refractivity contribution in [3.63, 3.8) is 0 Å². The smallest absolute Gasteiger partial charge is 0.305 e. The molecule has 198 valence electrons. The van der Waals surface area contributed by atoms with Crippen molar-refractivity contribution >= 4 is 5.97 Å². The first-order chi connectivity index (χ1) is 18.2. The Hall–Kier alpha value is -4.30. The first-order valence-corrected chi connectivity index (χ1v) is 12.2. The third kappa shape index (κ3) is 6.15. The lowest BCUT2D eigenvalue weighted by molar-refractivity contribution is -0.158. The van der Waals surface area contributed by atoms with E-state index in [1.807, 2.05) is 37.3 Å². The molecule has 0 radical (unpaired) electrons. The van der Waals surface area contributed by atoms with Crippen LogP contribution in [0.1, 0.15) is 43.4 Å². The number of aromatic nitrogens is 1. The van der Waals surface area contributed by atoms with Crippen LogP contribution in [0, 0.1) is 6.92 Å². The van der Waals surface area contributed by atoms with Gasteiger partial charge in [0.2, 0.25) is 12.2 Å². The Balaban J connectivity index is 1.56. The summed E-state index contributed by atoms with van der Waals surface area (Å²) in [5.74, 6) is 2.14. The van der Waals surface area contributed by atoms with Crippen LogP contribution >= 0.6 is 0 Å². The van der Waals surface area contributed by atoms with E-state index in [2.05, 4.69) is 4.98 Å². The Morgan fingerprint density at radius 1 is 1.05 bits per heavy atom. The highest BCUT2D eigenvalue weighted by molar-refractivity contribution is 5.66. The van der Waals surface area contributed by atoms with Crippen LogP contribution in [0.2, 0.25) is 0 Å². The van der Waals surface area contributed by atoms with Crippen molar-refractivity contribution in [3.8, 4) is 28.7 Å². The molecule has 0 saturated carbocycles. The van der Waals surface area contributed by atoms with E-state index in [4.69, 9.17) is 23.4 Å². The maximum atomic E-state index is 11.7. The normalized spacial score (nSPS) is 13.3. The zero-order valence-corrected chi connectivity index (χ0v) is 22.1. The third-order valence-corrected chi connectivity index (χ3v) is 6.02. The van der Waals surface area contributed by atoms with Crippen LogP contribution in [0.3, 0.4) is 0 Å². The predicted octanol–water partition coefficient (Wildman–Crippen LogP) is 5.78. The number of nitrogens with zero attached hydrogens (tertiary/aromatic N) is 1. The average molecular weight is 518 g/mol. The molecular formula is C30H31NO7. The number of rotatable bonds is 10. The van der Waals surface area contributed by atoms with Crippen LogP contribution in [-0.4, -0.2) is 29.5 Å². The fourth-order valence-corrected chi connectivity index (χ4v) is 4.03. The van der Waals surface area contributed by atoms with Crippen LogP contribution < -0.4 is 14.2 Å². The lowest BCUT2D eigenvalue weighted by Gasteiger charge is -2.28. The van der Waals surface area contributed by atoms with Crippen LogP contribution in [0.4, 0.5) is 0 Å². The van der Waals surface area contributed by atoms with E-state index >= 15 is 0 Å². The molecule has 0 aliphatic carbocycles. The standard InChI is InChI=1S/C30H31NO7/c1-19-27(31-29(36-19)22-10-7-6-8-11-22)18-35-25-13-9-12-23(16-25)30(4,33)26-15-14-24(34-5)17-28(26)38-21(3)37-20(2)32/h6-17,21,33H,18H2,1-5H3. The van der Waals surface area contributed by atoms with Gasteiger partial charge < -0.3 is 28.5 Å². The second-order valence-corrected chi connectivity index (χ2v) is 8.93. The van der Waals surface area contributed by atoms with Gasteiger partial charge in [0.15, 0.2) is 0 Å². The summed E-state index contributed by atoms with van der Waals surface area (Å²) in [6.07, 6.45) is -0.865. The van der Waals surface area contributed by atoms with Crippen LogP contribution in [0.5, 0.6) is 17.2 Å². The summed E-state index contributed by atoms with van der Waals surface area (Å²) in [6, 6.07) is 21.9. The number of aliphatic hydroxyl groups is 1. The number of carbonyl (C=O) groups excluding carboxylic acids is 1. The molecule has 0 aliphatic heterocycles. The third-order valence-electron chi connectivity index (χ3n) is 6.02. The van der Waals surface area contributed by atoms with Crippen molar-refractivity contribution in [1.29, 1.82) is 0 Å². The number of aryl methyl sites for hydroxylation is 1. The van der Waals surface area contributed by atoms with E-state index in [1.54, 1.807) is 56.3 Å². The van der Waals surface area contributed by atoms with Gasteiger partial charge in [0.25, 0.3) is 0 Å². The van der Waals surface area contributed by atoms with Gasteiger partial charge >= 0.3 is 5.97 Å². The molecule has 38 heavy (non-hydrogen) atoms. The lowest BCUT2D eigenvalue weighted by atomic mass is 9.87. The average Bonchev–Trinajstić information content (AvgIpc) is 3.27. The number of oxazole rings is 1. The first kappa shape index (κ1) is 26.8. The maximum Gasteiger partial charge on any atom is 0.305 e. The highest BCUT2D eigenvalue weighted by Crippen LogP contribution is 2.39. The quantitative estimate of drug-likeness (QED) is 0.209. The summed E-state index contributed by atoms with van der Waals surface area (Å²) < 4.78 is 28.2. The number of ether oxygens (including phenoxy) is 4.